The Hall–Kier alpha value is -3.05. The van der Waals surface area contributed by atoms with Crippen molar-refractivity contribution in [1.82, 2.24) is 24.4 Å². The van der Waals surface area contributed by atoms with Crippen LogP contribution in [0.15, 0.2) is 46.4 Å². The first-order valence-corrected chi connectivity index (χ1v) is 13.9. The molecule has 11 heteroatoms. The number of hydrogen-bond donors (Lipinski definition) is 2. The summed E-state index contributed by atoms with van der Waals surface area (Å²) in [5.41, 5.74) is 6.38. The van der Waals surface area contributed by atoms with Crippen LogP contribution in [0.1, 0.15) is 56.2 Å². The Labute approximate surface area is 217 Å². The van der Waals surface area contributed by atoms with E-state index in [1.54, 1.807) is 17.0 Å². The number of nitrogens with zero attached hydrogens (tertiary/aromatic N) is 4. The van der Waals surface area contributed by atoms with Gasteiger partial charge in [0.2, 0.25) is 5.91 Å². The maximum Gasteiger partial charge on any atom is 0.333 e. The van der Waals surface area contributed by atoms with E-state index in [0.717, 1.165) is 36.1 Å². The van der Waals surface area contributed by atoms with E-state index < -0.39 is 17.4 Å². The van der Waals surface area contributed by atoms with Crippen LogP contribution in [0.4, 0.5) is 4.39 Å². The maximum atomic E-state index is 14.1. The lowest BCUT2D eigenvalue weighted by Crippen LogP contribution is -2.49. The lowest BCUT2D eigenvalue weighted by molar-refractivity contribution is -0.123. The molecule has 5 rings (SSSR count). The Bertz CT molecular complexity index is 1380. The molecule has 37 heavy (non-hydrogen) atoms. The summed E-state index contributed by atoms with van der Waals surface area (Å²) >= 11 is 1.84. The summed E-state index contributed by atoms with van der Waals surface area (Å²) in [7, 11) is 0. The van der Waals surface area contributed by atoms with Crippen molar-refractivity contribution in [3.8, 4) is 0 Å². The molecule has 0 spiro atoms. The van der Waals surface area contributed by atoms with Crippen LogP contribution < -0.4 is 22.3 Å². The van der Waals surface area contributed by atoms with Crippen LogP contribution in [0, 0.1) is 5.82 Å². The first-order chi connectivity index (χ1) is 17.9. The number of nitrogens with two attached hydrogens (primary N) is 1. The zero-order valence-electron chi connectivity index (χ0n) is 20.5. The van der Waals surface area contributed by atoms with Crippen LogP contribution in [-0.4, -0.2) is 48.6 Å². The molecule has 4 heterocycles. The van der Waals surface area contributed by atoms with E-state index in [4.69, 9.17) is 5.73 Å². The summed E-state index contributed by atoms with van der Waals surface area (Å²) in [6.45, 7) is 0. The molecule has 1 saturated heterocycles. The zero-order chi connectivity index (χ0) is 25.9. The second-order valence-corrected chi connectivity index (χ2v) is 11.1. The number of nitrogens with one attached hydrogen (secondary N) is 1. The van der Waals surface area contributed by atoms with Gasteiger partial charge in [0.15, 0.2) is 0 Å². The Kier molecular flexibility index (Phi) is 7.71. The molecular weight excluding hydrogens is 495 g/mol. The number of aromatic nitrogens is 4. The van der Waals surface area contributed by atoms with E-state index in [1.807, 2.05) is 23.9 Å². The van der Waals surface area contributed by atoms with Crippen LogP contribution in [-0.2, 0) is 11.2 Å². The topological polar surface area (TPSA) is 125 Å². The third-order valence-electron chi connectivity index (χ3n) is 7.40. The number of carbonyl (C=O) groups is 1. The van der Waals surface area contributed by atoms with Crippen molar-refractivity contribution in [2.24, 2.45) is 5.73 Å². The Balaban J connectivity index is 1.34. The molecule has 0 unspecified atom stereocenters. The molecule has 0 bridgehead atoms. The minimum absolute atomic E-state index is 0.0713. The second-order valence-electron chi connectivity index (χ2n) is 9.88. The average molecular weight is 527 g/mol. The minimum atomic E-state index is -0.687. The van der Waals surface area contributed by atoms with Gasteiger partial charge in [-0.25, -0.2) is 14.2 Å². The Morgan fingerprint density at radius 1 is 1.11 bits per heavy atom. The van der Waals surface area contributed by atoms with Gasteiger partial charge in [-0.2, -0.15) is 11.8 Å². The first-order valence-electron chi connectivity index (χ1n) is 12.8. The molecule has 0 radical (unpaired) electrons. The molecular formula is C26H31FN6O3S. The second kappa shape index (κ2) is 11.1. The van der Waals surface area contributed by atoms with E-state index in [0.29, 0.717) is 32.1 Å². The molecule has 3 aromatic rings. The van der Waals surface area contributed by atoms with Crippen molar-refractivity contribution in [2.75, 3.05) is 11.5 Å². The van der Waals surface area contributed by atoms with Crippen LogP contribution in [0.25, 0.3) is 11.0 Å². The number of carbonyl (C=O) groups excluding carboxylic acids is 1. The number of thioether (sulfide) groups is 1. The molecule has 3 N–H and O–H groups in total. The van der Waals surface area contributed by atoms with Crippen molar-refractivity contribution in [3.05, 3.63) is 69.0 Å². The third-order valence-corrected chi connectivity index (χ3v) is 8.45. The average Bonchev–Trinajstić information content (AvgIpc) is 2.91. The largest absolute Gasteiger partial charge is 0.352 e. The first kappa shape index (κ1) is 25.6. The number of hydrogen-bond acceptors (Lipinski definition) is 7. The summed E-state index contributed by atoms with van der Waals surface area (Å²) in [5, 5.41) is 3.16. The molecule has 1 aliphatic carbocycles. The fraction of sp³-hybridized carbons (Fsp3) is 0.500. The van der Waals surface area contributed by atoms with Crippen molar-refractivity contribution in [3.63, 3.8) is 0 Å². The van der Waals surface area contributed by atoms with Crippen molar-refractivity contribution < 1.29 is 9.18 Å². The Morgan fingerprint density at radius 3 is 2.54 bits per heavy atom. The van der Waals surface area contributed by atoms with Crippen molar-refractivity contribution >= 4 is 28.7 Å². The zero-order valence-corrected chi connectivity index (χ0v) is 21.3. The third kappa shape index (κ3) is 5.47. The van der Waals surface area contributed by atoms with E-state index in [9.17, 15) is 18.8 Å². The maximum absolute atomic E-state index is 14.1. The Morgan fingerprint density at radius 2 is 1.84 bits per heavy atom. The van der Waals surface area contributed by atoms with Crippen LogP contribution in [0.2, 0.25) is 0 Å². The monoisotopic (exact) mass is 526 g/mol. The standard InChI is InChI=1S/C26H31FN6O3S/c27-17-13-21-23(30-15-17)32(20-7-10-37-11-8-20)26(36)33(25(21)35)19-5-3-18(4-6-19)31-24(34)22(28)12-16-2-1-9-29-14-16/h1-2,9,13-15,18-20,22H,3-8,10-12,28H2,(H,31,34)/t18?,19?,22-/m1/s1. The van der Waals surface area contributed by atoms with Crippen molar-refractivity contribution in [1.29, 1.82) is 0 Å². The van der Waals surface area contributed by atoms with Gasteiger partial charge in [-0.15, -0.1) is 0 Å². The van der Waals surface area contributed by atoms with E-state index in [-0.39, 0.29) is 40.8 Å². The highest BCUT2D eigenvalue weighted by Crippen LogP contribution is 2.30. The van der Waals surface area contributed by atoms with E-state index in [1.165, 1.54) is 10.6 Å². The highest BCUT2D eigenvalue weighted by molar-refractivity contribution is 7.99. The molecule has 1 aliphatic heterocycles. The summed E-state index contributed by atoms with van der Waals surface area (Å²) in [6, 6.07) is 3.70. The van der Waals surface area contributed by atoms with Crippen molar-refractivity contribution in [2.45, 2.75) is 69.1 Å². The fourth-order valence-corrected chi connectivity index (χ4v) is 6.53. The van der Waals surface area contributed by atoms with Gasteiger partial charge in [0.25, 0.3) is 5.56 Å². The number of fused-ring (bicyclic) bond motifs is 1. The van der Waals surface area contributed by atoms with Crippen LogP contribution in [0.3, 0.4) is 0 Å². The van der Waals surface area contributed by atoms with Gasteiger partial charge in [-0.1, -0.05) is 6.07 Å². The molecule has 2 aliphatic rings. The minimum Gasteiger partial charge on any atom is -0.352 e. The molecule has 9 nitrogen and oxygen atoms in total. The van der Waals surface area contributed by atoms with Crippen LogP contribution >= 0.6 is 11.8 Å². The van der Waals surface area contributed by atoms with Gasteiger partial charge < -0.3 is 11.1 Å². The smallest absolute Gasteiger partial charge is 0.333 e. The van der Waals surface area contributed by atoms with Crippen LogP contribution in [0.5, 0.6) is 0 Å². The summed E-state index contributed by atoms with van der Waals surface area (Å²) < 4.78 is 17.0. The van der Waals surface area contributed by atoms with Gasteiger partial charge in [0, 0.05) is 30.5 Å². The SMILES string of the molecule is N[C@H](Cc1cccnc1)C(=O)NC1CCC(n2c(=O)c3cc(F)cnc3n(C3CCSCC3)c2=O)CC1. The summed E-state index contributed by atoms with van der Waals surface area (Å²) in [4.78, 5) is 48.0. The quantitative estimate of drug-likeness (QED) is 0.505. The number of halogens is 1. The predicted molar refractivity (Wildman–Crippen MR) is 141 cm³/mol. The van der Waals surface area contributed by atoms with E-state index in [2.05, 4.69) is 15.3 Å². The molecule has 0 aromatic carbocycles. The number of amides is 1. The highest BCUT2D eigenvalue weighted by atomic mass is 32.2. The fourth-order valence-electron chi connectivity index (χ4n) is 5.45. The lowest BCUT2D eigenvalue weighted by atomic mass is 9.90. The molecule has 1 amide bonds. The molecule has 2 fully saturated rings. The van der Waals surface area contributed by atoms with E-state index >= 15 is 0 Å². The predicted octanol–water partition coefficient (Wildman–Crippen LogP) is 2.33. The number of rotatable bonds is 6. The summed E-state index contributed by atoms with van der Waals surface area (Å²) in [6.07, 6.45) is 8.74. The van der Waals surface area contributed by atoms with Gasteiger partial charge in [0.1, 0.15) is 11.5 Å². The van der Waals surface area contributed by atoms with Gasteiger partial charge in [0.05, 0.1) is 17.6 Å². The summed E-state index contributed by atoms with van der Waals surface area (Å²) in [5.74, 6) is 1.02. The number of pyridine rings is 2. The van der Waals surface area contributed by atoms with Gasteiger partial charge >= 0.3 is 5.69 Å². The molecule has 3 aromatic heterocycles. The van der Waals surface area contributed by atoms with Gasteiger partial charge in [-0.3, -0.25) is 23.7 Å². The molecule has 1 saturated carbocycles. The normalized spacial score (nSPS) is 21.6. The molecule has 1 atom stereocenters. The van der Waals surface area contributed by atoms with Gasteiger partial charge in [-0.05, 0) is 74.1 Å². The highest BCUT2D eigenvalue weighted by Gasteiger charge is 2.30. The molecule has 196 valence electrons. The lowest BCUT2D eigenvalue weighted by Gasteiger charge is -2.32.